The van der Waals surface area contributed by atoms with Crippen LogP contribution in [-0.2, 0) is 20.9 Å². The molecule has 0 aliphatic carbocycles. The lowest BCUT2D eigenvalue weighted by atomic mass is 10.1. The normalized spacial score (nSPS) is 15.5. The number of hydrazone groups is 1. The van der Waals surface area contributed by atoms with Gasteiger partial charge in [-0.1, -0.05) is 24.3 Å². The standard InChI is InChI=1S/C24H20N4O4S2/c29-22(28-19(21-8-4-12-34-21)13-18(26-28)20-7-3-11-33-20)14-32-23(30)9-10-27-15-25-17-6-2-1-5-16(17)24(27)31/h1-8,11-12,15,19H,9-10,13-14H2. The molecular weight excluding hydrogens is 472 g/mol. The van der Waals surface area contributed by atoms with E-state index in [2.05, 4.69) is 10.1 Å². The quantitative estimate of drug-likeness (QED) is 0.366. The van der Waals surface area contributed by atoms with E-state index in [-0.39, 0.29) is 30.5 Å². The van der Waals surface area contributed by atoms with E-state index in [1.165, 1.54) is 15.9 Å². The minimum absolute atomic E-state index is 0.0503. The Morgan fingerprint density at radius 1 is 1.06 bits per heavy atom. The van der Waals surface area contributed by atoms with Gasteiger partial charge < -0.3 is 4.74 Å². The Morgan fingerprint density at radius 2 is 1.88 bits per heavy atom. The summed E-state index contributed by atoms with van der Waals surface area (Å²) >= 11 is 3.14. The number of fused-ring (bicyclic) bond motifs is 1. The molecule has 5 rings (SSSR count). The number of aryl methyl sites for hydroxylation is 1. The monoisotopic (exact) mass is 492 g/mol. The van der Waals surface area contributed by atoms with Crippen LogP contribution < -0.4 is 5.56 Å². The summed E-state index contributed by atoms with van der Waals surface area (Å²) in [6, 6.07) is 14.7. The molecular formula is C24H20N4O4S2. The largest absolute Gasteiger partial charge is 0.455 e. The number of hydrogen-bond donors (Lipinski definition) is 0. The Labute approximate surface area is 202 Å². The van der Waals surface area contributed by atoms with Crippen LogP contribution in [0.25, 0.3) is 10.9 Å². The molecule has 1 amide bonds. The van der Waals surface area contributed by atoms with Gasteiger partial charge in [-0.3, -0.25) is 19.0 Å². The number of thiophene rings is 2. The second-order valence-corrected chi connectivity index (χ2v) is 9.60. The van der Waals surface area contributed by atoms with Crippen molar-refractivity contribution >= 4 is 51.2 Å². The first-order valence-electron chi connectivity index (χ1n) is 10.7. The van der Waals surface area contributed by atoms with Gasteiger partial charge in [-0.15, -0.1) is 22.7 Å². The number of hydrogen-bond acceptors (Lipinski definition) is 8. The highest BCUT2D eigenvalue weighted by molar-refractivity contribution is 7.12. The number of carbonyl (C=O) groups excluding carboxylic acids is 2. The summed E-state index contributed by atoms with van der Waals surface area (Å²) in [5.41, 5.74) is 1.22. The minimum atomic E-state index is -0.567. The second kappa shape index (κ2) is 9.70. The summed E-state index contributed by atoms with van der Waals surface area (Å²) in [6.07, 6.45) is 1.98. The van der Waals surface area contributed by atoms with Gasteiger partial charge in [-0.05, 0) is 35.0 Å². The molecule has 1 atom stereocenters. The van der Waals surface area contributed by atoms with E-state index in [1.807, 2.05) is 41.1 Å². The molecule has 0 saturated heterocycles. The maximum Gasteiger partial charge on any atom is 0.308 e. The lowest BCUT2D eigenvalue weighted by Crippen LogP contribution is -2.31. The van der Waals surface area contributed by atoms with Crippen molar-refractivity contribution in [3.05, 3.63) is 85.7 Å². The molecule has 1 unspecified atom stereocenters. The Morgan fingerprint density at radius 3 is 2.68 bits per heavy atom. The fourth-order valence-electron chi connectivity index (χ4n) is 3.79. The Kier molecular flexibility index (Phi) is 6.33. The third-order valence-corrected chi connectivity index (χ3v) is 7.38. The van der Waals surface area contributed by atoms with Gasteiger partial charge in [0.1, 0.15) is 0 Å². The van der Waals surface area contributed by atoms with Crippen LogP contribution in [0.4, 0.5) is 0 Å². The molecule has 0 fully saturated rings. The number of benzene rings is 1. The molecule has 10 heteroatoms. The van der Waals surface area contributed by atoms with E-state index in [9.17, 15) is 14.4 Å². The van der Waals surface area contributed by atoms with Gasteiger partial charge >= 0.3 is 5.97 Å². The average molecular weight is 493 g/mol. The van der Waals surface area contributed by atoms with Crippen LogP contribution in [0, 0.1) is 0 Å². The molecule has 4 heterocycles. The Bertz CT molecular complexity index is 1410. The van der Waals surface area contributed by atoms with Crippen molar-refractivity contribution in [1.29, 1.82) is 0 Å². The Balaban J connectivity index is 1.22. The van der Waals surface area contributed by atoms with E-state index in [4.69, 9.17) is 4.74 Å². The summed E-state index contributed by atoms with van der Waals surface area (Å²) in [5, 5.41) is 10.4. The SMILES string of the molecule is O=C(CCn1cnc2ccccc2c1=O)OCC(=O)N1N=C(c2cccs2)CC1c1cccs1. The molecule has 0 saturated carbocycles. The van der Waals surface area contributed by atoms with Crippen molar-refractivity contribution in [2.45, 2.75) is 25.4 Å². The van der Waals surface area contributed by atoms with Crippen molar-refractivity contribution in [3.63, 3.8) is 0 Å². The zero-order valence-corrected chi connectivity index (χ0v) is 19.6. The molecule has 172 valence electrons. The van der Waals surface area contributed by atoms with Gasteiger partial charge in [-0.2, -0.15) is 5.10 Å². The van der Waals surface area contributed by atoms with E-state index < -0.39 is 12.6 Å². The highest BCUT2D eigenvalue weighted by Crippen LogP contribution is 2.35. The van der Waals surface area contributed by atoms with E-state index in [1.54, 1.807) is 40.9 Å². The van der Waals surface area contributed by atoms with Crippen LogP contribution in [0.15, 0.2) is 75.5 Å². The number of ether oxygens (including phenoxy) is 1. The third-order valence-electron chi connectivity index (χ3n) is 5.49. The molecule has 0 N–H and O–H groups in total. The fourth-order valence-corrected chi connectivity index (χ4v) is 5.32. The predicted molar refractivity (Wildman–Crippen MR) is 131 cm³/mol. The van der Waals surface area contributed by atoms with Crippen LogP contribution in [0.3, 0.4) is 0 Å². The molecule has 1 aromatic carbocycles. The first-order chi connectivity index (χ1) is 16.6. The van der Waals surface area contributed by atoms with E-state index in [0.717, 1.165) is 15.5 Å². The highest BCUT2D eigenvalue weighted by atomic mass is 32.1. The smallest absolute Gasteiger partial charge is 0.308 e. The van der Waals surface area contributed by atoms with Gasteiger partial charge in [0, 0.05) is 17.8 Å². The van der Waals surface area contributed by atoms with Crippen LogP contribution in [0.2, 0.25) is 0 Å². The van der Waals surface area contributed by atoms with Crippen molar-refractivity contribution < 1.29 is 14.3 Å². The minimum Gasteiger partial charge on any atom is -0.455 e. The van der Waals surface area contributed by atoms with Crippen LogP contribution in [-0.4, -0.2) is 38.8 Å². The van der Waals surface area contributed by atoms with Crippen molar-refractivity contribution in [2.75, 3.05) is 6.61 Å². The number of carbonyl (C=O) groups is 2. The Hall–Kier alpha value is -3.63. The highest BCUT2D eigenvalue weighted by Gasteiger charge is 2.34. The van der Waals surface area contributed by atoms with Crippen molar-refractivity contribution in [1.82, 2.24) is 14.6 Å². The zero-order chi connectivity index (χ0) is 23.5. The molecule has 34 heavy (non-hydrogen) atoms. The van der Waals surface area contributed by atoms with Gasteiger partial charge in [0.15, 0.2) is 6.61 Å². The lowest BCUT2D eigenvalue weighted by molar-refractivity contribution is -0.153. The third kappa shape index (κ3) is 4.55. The summed E-state index contributed by atoms with van der Waals surface area (Å²) in [4.78, 5) is 44.1. The number of rotatable bonds is 7. The first-order valence-corrected chi connectivity index (χ1v) is 12.4. The number of esters is 1. The molecule has 0 radical (unpaired) electrons. The second-order valence-electron chi connectivity index (χ2n) is 7.67. The molecule has 0 spiro atoms. The molecule has 8 nitrogen and oxygen atoms in total. The summed E-state index contributed by atoms with van der Waals surface area (Å²) in [6.45, 7) is -0.293. The first kappa shape index (κ1) is 22.2. The lowest BCUT2D eigenvalue weighted by Gasteiger charge is -2.20. The number of amides is 1. The van der Waals surface area contributed by atoms with Crippen molar-refractivity contribution in [3.8, 4) is 0 Å². The fraction of sp³-hybridized carbons (Fsp3) is 0.208. The molecule has 1 aliphatic heterocycles. The average Bonchev–Trinajstić information content (AvgIpc) is 3.63. The van der Waals surface area contributed by atoms with Gasteiger partial charge in [-0.25, -0.2) is 9.99 Å². The molecule has 4 aromatic rings. The number of nitrogens with zero attached hydrogens (tertiary/aromatic N) is 4. The number of aromatic nitrogens is 2. The zero-order valence-electron chi connectivity index (χ0n) is 18.0. The summed E-state index contributed by atoms with van der Waals surface area (Å²) in [5.74, 6) is -0.953. The van der Waals surface area contributed by atoms with Gasteiger partial charge in [0.2, 0.25) is 0 Å². The summed E-state index contributed by atoms with van der Waals surface area (Å²) < 4.78 is 6.60. The van der Waals surface area contributed by atoms with E-state index in [0.29, 0.717) is 17.3 Å². The maximum absolute atomic E-state index is 12.9. The van der Waals surface area contributed by atoms with E-state index >= 15 is 0 Å². The topological polar surface area (TPSA) is 93.9 Å². The molecule has 3 aromatic heterocycles. The summed E-state index contributed by atoms with van der Waals surface area (Å²) in [7, 11) is 0. The maximum atomic E-state index is 12.9. The van der Waals surface area contributed by atoms with Gasteiger partial charge in [0.25, 0.3) is 11.5 Å². The number of para-hydroxylation sites is 1. The van der Waals surface area contributed by atoms with Crippen LogP contribution >= 0.6 is 22.7 Å². The predicted octanol–water partition coefficient (Wildman–Crippen LogP) is 3.83. The molecule has 1 aliphatic rings. The van der Waals surface area contributed by atoms with Crippen LogP contribution in [0.1, 0.15) is 28.6 Å². The van der Waals surface area contributed by atoms with Crippen molar-refractivity contribution in [2.24, 2.45) is 5.10 Å². The van der Waals surface area contributed by atoms with Crippen LogP contribution in [0.5, 0.6) is 0 Å². The van der Waals surface area contributed by atoms with Gasteiger partial charge in [0.05, 0.1) is 40.3 Å². The molecule has 0 bridgehead atoms.